The monoisotopic (exact) mass is 317 g/mol. The third-order valence-corrected chi connectivity index (χ3v) is 3.55. The molecule has 0 fully saturated rings. The molecule has 0 saturated carbocycles. The van der Waals surface area contributed by atoms with Crippen molar-refractivity contribution in [1.29, 1.82) is 0 Å². The highest BCUT2D eigenvalue weighted by atomic mass is 16.4. The van der Waals surface area contributed by atoms with E-state index in [-0.39, 0.29) is 24.6 Å². The van der Waals surface area contributed by atoms with Crippen molar-refractivity contribution in [1.82, 2.24) is 10.3 Å². The van der Waals surface area contributed by atoms with E-state index in [2.05, 4.69) is 15.6 Å². The maximum absolute atomic E-state index is 12.1. The van der Waals surface area contributed by atoms with Gasteiger partial charge in [-0.3, -0.25) is 0 Å². The molecule has 6 nitrogen and oxygen atoms in total. The van der Waals surface area contributed by atoms with Gasteiger partial charge in [0.2, 0.25) is 5.89 Å². The lowest BCUT2D eigenvalue weighted by molar-refractivity contribution is 0.227. The van der Waals surface area contributed by atoms with Crippen LogP contribution in [0.5, 0.6) is 0 Å². The maximum atomic E-state index is 12.1. The van der Waals surface area contributed by atoms with Gasteiger partial charge in [0.25, 0.3) is 0 Å². The summed E-state index contributed by atoms with van der Waals surface area (Å²) in [6, 6.07) is 6.95. The van der Waals surface area contributed by atoms with E-state index in [0.717, 1.165) is 11.3 Å². The van der Waals surface area contributed by atoms with E-state index in [9.17, 15) is 4.79 Å². The Labute approximate surface area is 135 Å². The first-order chi connectivity index (χ1) is 11.0. The number of aromatic nitrogens is 1. The fraction of sp³-hybridized carbons (Fsp3) is 0.412. The second-order valence-corrected chi connectivity index (χ2v) is 5.82. The Morgan fingerprint density at radius 3 is 2.78 bits per heavy atom. The molecule has 0 aliphatic heterocycles. The van der Waals surface area contributed by atoms with E-state index in [0.29, 0.717) is 18.0 Å². The number of nitrogens with one attached hydrogen (secondary N) is 2. The van der Waals surface area contributed by atoms with Crippen molar-refractivity contribution >= 4 is 11.7 Å². The quantitative estimate of drug-likeness (QED) is 0.763. The molecule has 1 atom stereocenters. The number of urea groups is 1. The number of oxazole rings is 1. The van der Waals surface area contributed by atoms with Gasteiger partial charge in [-0.05, 0) is 37.5 Å². The molecule has 1 aromatic heterocycles. The summed E-state index contributed by atoms with van der Waals surface area (Å²) in [7, 11) is 0. The zero-order chi connectivity index (χ0) is 16.8. The first-order valence-corrected chi connectivity index (χ1v) is 7.71. The van der Waals surface area contributed by atoms with Gasteiger partial charge in [0, 0.05) is 23.9 Å². The molecule has 1 heterocycles. The van der Waals surface area contributed by atoms with Crippen LogP contribution >= 0.6 is 0 Å². The molecule has 2 aromatic rings. The smallest absolute Gasteiger partial charge is 0.319 e. The van der Waals surface area contributed by atoms with Gasteiger partial charge in [0.05, 0.1) is 6.20 Å². The lowest BCUT2D eigenvalue weighted by Gasteiger charge is -2.21. The molecule has 0 aliphatic rings. The molecule has 0 saturated heterocycles. The Bertz CT molecular complexity index is 652. The normalized spacial score (nSPS) is 12.2. The van der Waals surface area contributed by atoms with Crippen molar-refractivity contribution in [3.8, 4) is 11.5 Å². The molecule has 1 unspecified atom stereocenters. The minimum atomic E-state index is -0.294. The molecule has 0 aliphatic carbocycles. The topological polar surface area (TPSA) is 87.4 Å². The number of anilines is 1. The number of hydrogen-bond acceptors (Lipinski definition) is 4. The molecule has 124 valence electrons. The van der Waals surface area contributed by atoms with E-state index in [1.807, 2.05) is 32.9 Å². The van der Waals surface area contributed by atoms with Crippen molar-refractivity contribution < 1.29 is 14.3 Å². The summed E-state index contributed by atoms with van der Waals surface area (Å²) in [5.74, 6) is 1.50. The van der Waals surface area contributed by atoms with Crippen LogP contribution in [0.2, 0.25) is 0 Å². The van der Waals surface area contributed by atoms with Crippen LogP contribution < -0.4 is 10.6 Å². The molecule has 1 aromatic carbocycles. The first-order valence-electron chi connectivity index (χ1n) is 7.71. The number of carbonyl (C=O) groups is 1. The highest BCUT2D eigenvalue weighted by Gasteiger charge is 2.15. The average molecular weight is 317 g/mol. The van der Waals surface area contributed by atoms with E-state index in [1.165, 1.54) is 0 Å². The predicted molar refractivity (Wildman–Crippen MR) is 89.2 cm³/mol. The third kappa shape index (κ3) is 4.82. The third-order valence-electron chi connectivity index (χ3n) is 3.55. The lowest BCUT2D eigenvalue weighted by atomic mass is 10.0. The second kappa shape index (κ2) is 7.78. The molecular formula is C17H23N3O3. The largest absolute Gasteiger partial charge is 0.441 e. The van der Waals surface area contributed by atoms with Gasteiger partial charge in [0.15, 0.2) is 0 Å². The standard InChI is InChI=1S/C17H23N3O3/c1-11(2)15(7-8-21)20-17(22)19-14-6-4-5-13(9-14)16-18-10-12(3)23-16/h4-6,9-11,15,21H,7-8H2,1-3H3,(H2,19,20,22). The molecule has 2 rings (SSSR count). The summed E-state index contributed by atoms with van der Waals surface area (Å²) in [5, 5.41) is 14.7. The molecule has 23 heavy (non-hydrogen) atoms. The SMILES string of the molecule is Cc1cnc(-c2cccc(NC(=O)NC(CCO)C(C)C)c2)o1. The summed E-state index contributed by atoms with van der Waals surface area (Å²) in [4.78, 5) is 16.3. The van der Waals surface area contributed by atoms with Gasteiger partial charge in [0.1, 0.15) is 5.76 Å². The summed E-state index contributed by atoms with van der Waals surface area (Å²) in [6.45, 7) is 5.89. The number of carbonyl (C=O) groups excluding carboxylic acids is 1. The van der Waals surface area contributed by atoms with Crippen LogP contribution in [0.25, 0.3) is 11.5 Å². The number of amides is 2. The number of rotatable bonds is 6. The minimum Gasteiger partial charge on any atom is -0.441 e. The Morgan fingerprint density at radius 1 is 1.39 bits per heavy atom. The van der Waals surface area contributed by atoms with Crippen LogP contribution in [0.15, 0.2) is 34.9 Å². The number of nitrogens with zero attached hydrogens (tertiary/aromatic N) is 1. The van der Waals surface area contributed by atoms with Gasteiger partial charge in [-0.1, -0.05) is 19.9 Å². The lowest BCUT2D eigenvalue weighted by Crippen LogP contribution is -2.41. The Hall–Kier alpha value is -2.34. The molecule has 3 N–H and O–H groups in total. The Morgan fingerprint density at radius 2 is 2.17 bits per heavy atom. The molecule has 0 spiro atoms. The predicted octanol–water partition coefficient (Wildman–Crippen LogP) is 3.18. The number of hydrogen-bond donors (Lipinski definition) is 3. The van der Waals surface area contributed by atoms with Crippen molar-refractivity contribution in [2.45, 2.75) is 33.2 Å². The van der Waals surface area contributed by atoms with Gasteiger partial charge in [-0.25, -0.2) is 9.78 Å². The van der Waals surface area contributed by atoms with E-state index < -0.39 is 0 Å². The zero-order valence-electron chi connectivity index (χ0n) is 13.7. The number of aliphatic hydroxyl groups is 1. The summed E-state index contributed by atoms with van der Waals surface area (Å²) in [5.41, 5.74) is 1.45. The molecule has 0 radical (unpaired) electrons. The Balaban J connectivity index is 2.04. The van der Waals surface area contributed by atoms with Crippen LogP contribution in [0.3, 0.4) is 0 Å². The van der Waals surface area contributed by atoms with Crippen molar-refractivity contribution in [2.24, 2.45) is 5.92 Å². The van der Waals surface area contributed by atoms with Crippen LogP contribution in [-0.4, -0.2) is 28.8 Å². The molecular weight excluding hydrogens is 294 g/mol. The fourth-order valence-electron chi connectivity index (χ4n) is 2.26. The van der Waals surface area contributed by atoms with Crippen molar-refractivity contribution in [3.63, 3.8) is 0 Å². The second-order valence-electron chi connectivity index (χ2n) is 5.82. The van der Waals surface area contributed by atoms with E-state index >= 15 is 0 Å². The van der Waals surface area contributed by atoms with Crippen molar-refractivity contribution in [2.75, 3.05) is 11.9 Å². The maximum Gasteiger partial charge on any atom is 0.319 e. The number of aliphatic hydroxyl groups excluding tert-OH is 1. The Kier molecular flexibility index (Phi) is 5.76. The van der Waals surface area contributed by atoms with Crippen LogP contribution in [0, 0.1) is 12.8 Å². The van der Waals surface area contributed by atoms with E-state index in [4.69, 9.17) is 9.52 Å². The van der Waals surface area contributed by atoms with Crippen LogP contribution in [0.4, 0.5) is 10.5 Å². The highest BCUT2D eigenvalue weighted by Crippen LogP contribution is 2.22. The van der Waals surface area contributed by atoms with Gasteiger partial charge < -0.3 is 20.2 Å². The summed E-state index contributed by atoms with van der Waals surface area (Å²) < 4.78 is 5.49. The van der Waals surface area contributed by atoms with Crippen LogP contribution in [0.1, 0.15) is 26.0 Å². The number of benzene rings is 1. The average Bonchev–Trinajstić information content (AvgIpc) is 2.93. The van der Waals surface area contributed by atoms with Gasteiger partial charge >= 0.3 is 6.03 Å². The molecule has 2 amide bonds. The number of aryl methyl sites for hydroxylation is 1. The first kappa shape index (κ1) is 17.0. The van der Waals surface area contributed by atoms with Gasteiger partial charge in [-0.2, -0.15) is 0 Å². The highest BCUT2D eigenvalue weighted by molar-refractivity contribution is 5.90. The van der Waals surface area contributed by atoms with Crippen LogP contribution in [-0.2, 0) is 0 Å². The zero-order valence-corrected chi connectivity index (χ0v) is 13.7. The fourth-order valence-corrected chi connectivity index (χ4v) is 2.26. The molecule has 0 bridgehead atoms. The summed E-state index contributed by atoms with van der Waals surface area (Å²) >= 11 is 0. The summed E-state index contributed by atoms with van der Waals surface area (Å²) in [6.07, 6.45) is 2.19. The van der Waals surface area contributed by atoms with Gasteiger partial charge in [-0.15, -0.1) is 0 Å². The van der Waals surface area contributed by atoms with Crippen molar-refractivity contribution in [3.05, 3.63) is 36.2 Å². The molecule has 6 heteroatoms. The minimum absolute atomic E-state index is 0.0438. The van der Waals surface area contributed by atoms with E-state index in [1.54, 1.807) is 18.3 Å².